The number of nitrogens with zero attached hydrogens (tertiary/aromatic N) is 2. The molecule has 0 unspecified atom stereocenters. The maximum atomic E-state index is 11.9. The van der Waals surface area contributed by atoms with Crippen LogP contribution >= 0.6 is 11.3 Å². The van der Waals surface area contributed by atoms with Crippen LogP contribution in [0.2, 0.25) is 0 Å². The van der Waals surface area contributed by atoms with Crippen molar-refractivity contribution in [3.8, 4) is 0 Å². The first-order chi connectivity index (χ1) is 9.08. The number of aromatic nitrogens is 2. The third kappa shape index (κ3) is 3.14. The van der Waals surface area contributed by atoms with Gasteiger partial charge < -0.3 is 5.73 Å². The number of amides is 2. The van der Waals surface area contributed by atoms with Crippen LogP contribution in [0.4, 0.5) is 0 Å². The third-order valence-electron chi connectivity index (χ3n) is 2.16. The van der Waals surface area contributed by atoms with Crippen LogP contribution in [0.15, 0.2) is 22.6 Å². The van der Waals surface area contributed by atoms with E-state index in [0.29, 0.717) is 10.2 Å². The zero-order valence-corrected chi connectivity index (χ0v) is 10.5. The van der Waals surface area contributed by atoms with Gasteiger partial charge in [-0.15, -0.1) is 11.3 Å². The van der Waals surface area contributed by atoms with Crippen molar-refractivity contribution < 1.29 is 14.4 Å². The van der Waals surface area contributed by atoms with Crippen LogP contribution < -0.4 is 16.8 Å². The summed E-state index contributed by atoms with van der Waals surface area (Å²) in [5, 5.41) is 2.21. The molecule has 0 spiro atoms. The van der Waals surface area contributed by atoms with Crippen LogP contribution in [0.5, 0.6) is 0 Å². The molecule has 0 bridgehead atoms. The molecular formula is C10H10N4O4S. The number of fused-ring (bicyclic) bond motifs is 1. The number of hydrogen-bond acceptors (Lipinski definition) is 6. The zero-order valence-electron chi connectivity index (χ0n) is 9.66. The van der Waals surface area contributed by atoms with Crippen molar-refractivity contribution in [1.29, 1.82) is 0 Å². The number of thiophene rings is 1. The van der Waals surface area contributed by atoms with E-state index >= 15 is 0 Å². The Hall–Kier alpha value is -2.26. The van der Waals surface area contributed by atoms with Gasteiger partial charge in [0.25, 0.3) is 11.5 Å². The van der Waals surface area contributed by atoms with Gasteiger partial charge in [0, 0.05) is 0 Å². The Kier molecular flexibility index (Phi) is 3.88. The molecule has 2 rings (SSSR count). The van der Waals surface area contributed by atoms with Crippen LogP contribution in [-0.2, 0) is 21.0 Å². The number of nitrogens with one attached hydrogen (secondary N) is 1. The van der Waals surface area contributed by atoms with Crippen LogP contribution in [-0.4, -0.2) is 28.0 Å². The topological polar surface area (TPSA) is 116 Å². The average molecular weight is 282 g/mol. The van der Waals surface area contributed by atoms with Gasteiger partial charge in [-0.25, -0.2) is 10.5 Å². The highest BCUT2D eigenvalue weighted by atomic mass is 32.1. The highest BCUT2D eigenvalue weighted by Gasteiger charge is 2.09. The summed E-state index contributed by atoms with van der Waals surface area (Å²) < 4.78 is 1.15. The maximum Gasteiger partial charge on any atom is 0.263 e. The quantitative estimate of drug-likeness (QED) is 0.682. The number of nitrogens with two attached hydrogens (primary N) is 1. The summed E-state index contributed by atoms with van der Waals surface area (Å²) in [5.74, 6) is -1.29. The molecule has 3 N–H and O–H groups in total. The molecular weight excluding hydrogens is 272 g/mol. The molecule has 9 heteroatoms. The molecule has 0 saturated heterocycles. The summed E-state index contributed by atoms with van der Waals surface area (Å²) in [6.45, 7) is -0.682. The highest BCUT2D eigenvalue weighted by molar-refractivity contribution is 7.16. The van der Waals surface area contributed by atoms with Crippen molar-refractivity contribution >= 4 is 33.4 Å². The molecule has 0 fully saturated rings. The SMILES string of the molecule is NC(=O)CONC(=O)Cn1cnc2sccc2c1=O. The van der Waals surface area contributed by atoms with Crippen molar-refractivity contribution in [1.82, 2.24) is 15.0 Å². The molecule has 0 aliphatic carbocycles. The van der Waals surface area contributed by atoms with Gasteiger partial charge in [-0.1, -0.05) is 0 Å². The lowest BCUT2D eigenvalue weighted by molar-refractivity contribution is -0.138. The monoisotopic (exact) mass is 282 g/mol. The lowest BCUT2D eigenvalue weighted by Crippen LogP contribution is -2.34. The second kappa shape index (κ2) is 5.59. The molecule has 8 nitrogen and oxygen atoms in total. The molecule has 100 valence electrons. The Labute approximate surface area is 110 Å². The van der Waals surface area contributed by atoms with Gasteiger partial charge in [0.05, 0.1) is 11.7 Å². The van der Waals surface area contributed by atoms with Crippen molar-refractivity contribution in [2.75, 3.05) is 6.61 Å². The molecule has 2 amide bonds. The van der Waals surface area contributed by atoms with Gasteiger partial charge in [0.15, 0.2) is 6.61 Å². The number of carbonyl (C=O) groups excluding carboxylic acids is 2. The number of primary amides is 1. The molecule has 2 aromatic heterocycles. The zero-order chi connectivity index (χ0) is 13.8. The molecule has 0 atom stereocenters. The first-order valence-corrected chi connectivity index (χ1v) is 6.07. The second-order valence-electron chi connectivity index (χ2n) is 3.60. The Bertz CT molecular complexity index is 677. The van der Waals surface area contributed by atoms with Gasteiger partial charge in [0.2, 0.25) is 5.91 Å². The van der Waals surface area contributed by atoms with Crippen LogP contribution in [0.1, 0.15) is 0 Å². The summed E-state index contributed by atoms with van der Waals surface area (Å²) in [4.78, 5) is 43.0. The third-order valence-corrected chi connectivity index (χ3v) is 2.99. The predicted molar refractivity (Wildman–Crippen MR) is 67.2 cm³/mol. The first kappa shape index (κ1) is 13.2. The van der Waals surface area contributed by atoms with Crippen molar-refractivity contribution in [2.45, 2.75) is 6.54 Å². The Morgan fingerprint density at radius 3 is 3.05 bits per heavy atom. The fourth-order valence-corrected chi connectivity index (χ4v) is 2.10. The normalized spacial score (nSPS) is 10.5. The molecule has 0 saturated carbocycles. The van der Waals surface area contributed by atoms with E-state index in [1.54, 1.807) is 11.4 Å². The predicted octanol–water partition coefficient (Wildman–Crippen LogP) is -1.01. The van der Waals surface area contributed by atoms with Gasteiger partial charge in [-0.2, -0.15) is 0 Å². The van der Waals surface area contributed by atoms with Gasteiger partial charge in [-0.05, 0) is 11.4 Å². The molecule has 2 heterocycles. The summed E-state index contributed by atoms with van der Waals surface area (Å²) >= 11 is 1.35. The summed E-state index contributed by atoms with van der Waals surface area (Å²) in [6.07, 6.45) is 1.29. The Morgan fingerprint density at radius 1 is 1.53 bits per heavy atom. The number of hydrogen-bond donors (Lipinski definition) is 2. The molecule has 2 aromatic rings. The van der Waals surface area contributed by atoms with Crippen molar-refractivity contribution in [3.05, 3.63) is 28.1 Å². The fraction of sp³-hybridized carbons (Fsp3) is 0.200. The largest absolute Gasteiger partial charge is 0.368 e. The average Bonchev–Trinajstić information content (AvgIpc) is 2.81. The Balaban J connectivity index is 2.04. The number of hydroxylamine groups is 1. The minimum atomic E-state index is -0.709. The van der Waals surface area contributed by atoms with Gasteiger partial charge in [-0.3, -0.25) is 23.8 Å². The molecule has 19 heavy (non-hydrogen) atoms. The maximum absolute atomic E-state index is 11.9. The summed E-state index contributed by atoms with van der Waals surface area (Å²) in [6, 6.07) is 1.65. The van der Waals surface area contributed by atoms with E-state index in [9.17, 15) is 14.4 Å². The summed E-state index contributed by atoms with van der Waals surface area (Å²) in [5.41, 5.74) is 6.52. The minimum Gasteiger partial charge on any atom is -0.368 e. The molecule has 0 aliphatic rings. The molecule has 0 aliphatic heterocycles. The van der Waals surface area contributed by atoms with E-state index in [0.717, 1.165) is 4.57 Å². The lowest BCUT2D eigenvalue weighted by Gasteiger charge is -2.06. The number of carbonyl (C=O) groups is 2. The number of rotatable bonds is 5. The van der Waals surface area contributed by atoms with E-state index in [2.05, 4.69) is 9.82 Å². The molecule has 0 aromatic carbocycles. The fourth-order valence-electron chi connectivity index (χ4n) is 1.38. The Morgan fingerprint density at radius 2 is 2.32 bits per heavy atom. The van der Waals surface area contributed by atoms with Crippen molar-refractivity contribution in [2.24, 2.45) is 5.73 Å². The molecule has 0 radical (unpaired) electrons. The van der Waals surface area contributed by atoms with Gasteiger partial charge in [0.1, 0.15) is 11.4 Å². The second-order valence-corrected chi connectivity index (χ2v) is 4.49. The highest BCUT2D eigenvalue weighted by Crippen LogP contribution is 2.12. The smallest absolute Gasteiger partial charge is 0.263 e. The van der Waals surface area contributed by atoms with Crippen LogP contribution in [0, 0.1) is 0 Å². The first-order valence-electron chi connectivity index (χ1n) is 5.19. The summed E-state index contributed by atoms with van der Waals surface area (Å²) in [7, 11) is 0. The van der Waals surface area contributed by atoms with E-state index in [1.807, 2.05) is 5.48 Å². The minimum absolute atomic E-state index is 0.254. The lowest BCUT2D eigenvalue weighted by atomic mass is 10.4. The van der Waals surface area contributed by atoms with Crippen LogP contribution in [0.25, 0.3) is 10.2 Å². The van der Waals surface area contributed by atoms with Crippen molar-refractivity contribution in [3.63, 3.8) is 0 Å². The van der Waals surface area contributed by atoms with E-state index < -0.39 is 18.4 Å². The van der Waals surface area contributed by atoms with E-state index in [-0.39, 0.29) is 12.1 Å². The van der Waals surface area contributed by atoms with E-state index in [4.69, 9.17) is 5.73 Å². The van der Waals surface area contributed by atoms with Gasteiger partial charge >= 0.3 is 0 Å². The van der Waals surface area contributed by atoms with Crippen LogP contribution in [0.3, 0.4) is 0 Å². The standard InChI is InChI=1S/C10H10N4O4S/c11-7(15)4-18-13-8(16)3-14-5-12-9-6(10(14)17)1-2-19-9/h1-2,5H,3-4H2,(H2,11,15)(H,13,16). The van der Waals surface area contributed by atoms with E-state index in [1.165, 1.54) is 17.7 Å².